The molecule has 8 heteroatoms. The van der Waals surface area contributed by atoms with Crippen LogP contribution in [0.2, 0.25) is 0 Å². The molecule has 5 nitrogen and oxygen atoms in total. The predicted octanol–water partition coefficient (Wildman–Crippen LogP) is 7.40. The lowest BCUT2D eigenvalue weighted by atomic mass is 10.1. The van der Waals surface area contributed by atoms with Gasteiger partial charge < -0.3 is 14.5 Å². The van der Waals surface area contributed by atoms with Crippen molar-refractivity contribution >= 4 is 22.7 Å². The first-order chi connectivity index (χ1) is 16.8. The second-order valence-corrected chi connectivity index (χ2v) is 8.72. The van der Waals surface area contributed by atoms with Gasteiger partial charge in [-0.25, -0.2) is 4.98 Å². The Morgan fingerprint density at radius 1 is 1.06 bits per heavy atom. The smallest absolute Gasteiger partial charge is 0.417 e. The van der Waals surface area contributed by atoms with Crippen LogP contribution in [0.25, 0.3) is 22.6 Å². The van der Waals surface area contributed by atoms with Crippen molar-refractivity contribution in [3.8, 4) is 17.2 Å². The number of carbonyl (C=O) groups excluding carboxylic acids is 1. The number of nitrogens with one attached hydrogen (secondary N) is 1. The number of aryl methyl sites for hydroxylation is 1. The van der Waals surface area contributed by atoms with Gasteiger partial charge in [0, 0.05) is 5.69 Å². The zero-order valence-electron chi connectivity index (χ0n) is 19.0. The molecule has 0 spiro atoms. The molecule has 0 atom stereocenters. The maximum Gasteiger partial charge on any atom is 0.417 e. The number of nitrogens with zero attached hydrogens (tertiary/aromatic N) is 1. The fraction of sp³-hybridized carbons (Fsp3) is 0.259. The summed E-state index contributed by atoms with van der Waals surface area (Å²) < 4.78 is 52.4. The molecular formula is C27H23F3N2O3. The zero-order valence-corrected chi connectivity index (χ0v) is 19.0. The maximum atomic E-state index is 13.4. The molecule has 1 amide bonds. The minimum atomic E-state index is -4.64. The van der Waals surface area contributed by atoms with Crippen LogP contribution in [0.5, 0.6) is 5.75 Å². The fourth-order valence-corrected chi connectivity index (χ4v) is 4.34. The van der Waals surface area contributed by atoms with Gasteiger partial charge in [0.25, 0.3) is 5.91 Å². The molecule has 1 saturated carbocycles. The normalized spacial score (nSPS) is 14.4. The van der Waals surface area contributed by atoms with E-state index in [9.17, 15) is 18.0 Å². The van der Waals surface area contributed by atoms with Gasteiger partial charge in [0.1, 0.15) is 11.3 Å². The van der Waals surface area contributed by atoms with E-state index in [0.717, 1.165) is 43.4 Å². The van der Waals surface area contributed by atoms with Gasteiger partial charge >= 0.3 is 6.18 Å². The second kappa shape index (κ2) is 9.09. The zero-order chi connectivity index (χ0) is 24.6. The Bertz CT molecular complexity index is 1390. The average Bonchev–Trinajstić information content (AvgIpc) is 3.49. The summed E-state index contributed by atoms with van der Waals surface area (Å²) in [7, 11) is 0. The first kappa shape index (κ1) is 23.0. The summed E-state index contributed by atoms with van der Waals surface area (Å²) in [5.41, 5.74) is 1.70. The van der Waals surface area contributed by atoms with E-state index in [1.54, 1.807) is 18.2 Å². The summed E-state index contributed by atoms with van der Waals surface area (Å²) in [6, 6.07) is 15.3. The highest BCUT2D eigenvalue weighted by atomic mass is 19.4. The third kappa shape index (κ3) is 4.87. The van der Waals surface area contributed by atoms with E-state index < -0.39 is 23.2 Å². The standard InChI is InChI=1S/C27H23F3N2O3/c1-16-10-12-24-22(14-16)32-26(35-24)20-15-17(11-13-23(20)34-18-6-2-3-7-18)31-25(33)19-8-4-5-9-21(19)27(28,29)30/h4-5,8-15,18H,2-3,6-7H2,1H3,(H,31,33). The van der Waals surface area contributed by atoms with Crippen molar-refractivity contribution in [1.82, 2.24) is 4.98 Å². The molecule has 1 N–H and O–H groups in total. The van der Waals surface area contributed by atoms with Gasteiger partial charge in [0.2, 0.25) is 5.89 Å². The van der Waals surface area contributed by atoms with Gasteiger partial charge in [0.05, 0.1) is 22.8 Å². The lowest BCUT2D eigenvalue weighted by Gasteiger charge is -2.17. The average molecular weight is 480 g/mol. The number of carbonyl (C=O) groups is 1. The molecule has 3 aromatic carbocycles. The summed E-state index contributed by atoms with van der Waals surface area (Å²) in [5.74, 6) is 0.000725. The number of anilines is 1. The molecule has 0 bridgehead atoms. The van der Waals surface area contributed by atoms with E-state index in [4.69, 9.17) is 9.15 Å². The van der Waals surface area contributed by atoms with Crippen LogP contribution in [-0.2, 0) is 6.18 Å². The number of ether oxygens (including phenoxy) is 1. The molecule has 35 heavy (non-hydrogen) atoms. The number of fused-ring (bicyclic) bond motifs is 1. The number of hydrogen-bond donors (Lipinski definition) is 1. The fourth-order valence-electron chi connectivity index (χ4n) is 4.34. The molecule has 1 aliphatic rings. The van der Waals surface area contributed by atoms with Crippen LogP contribution in [0.3, 0.4) is 0 Å². The van der Waals surface area contributed by atoms with Crippen LogP contribution in [0.4, 0.5) is 18.9 Å². The number of rotatable bonds is 5. The SMILES string of the molecule is Cc1ccc2oc(-c3cc(NC(=O)c4ccccc4C(F)(F)F)ccc3OC3CCCC3)nc2c1. The number of benzene rings is 3. The van der Waals surface area contributed by atoms with E-state index in [0.29, 0.717) is 34.0 Å². The van der Waals surface area contributed by atoms with E-state index in [2.05, 4.69) is 10.3 Å². The molecule has 0 saturated heterocycles. The summed E-state index contributed by atoms with van der Waals surface area (Å²) in [6.45, 7) is 1.96. The Hall–Kier alpha value is -3.81. The van der Waals surface area contributed by atoms with Gasteiger partial charge in [0.15, 0.2) is 5.58 Å². The van der Waals surface area contributed by atoms with Crippen LogP contribution in [-0.4, -0.2) is 17.0 Å². The van der Waals surface area contributed by atoms with Gasteiger partial charge in [-0.05, 0) is 80.6 Å². The van der Waals surface area contributed by atoms with Crippen LogP contribution < -0.4 is 10.1 Å². The lowest BCUT2D eigenvalue weighted by Crippen LogP contribution is -2.18. The van der Waals surface area contributed by atoms with Crippen LogP contribution >= 0.6 is 0 Å². The minimum absolute atomic E-state index is 0.0690. The Morgan fingerprint density at radius 2 is 1.83 bits per heavy atom. The first-order valence-corrected chi connectivity index (χ1v) is 11.4. The topological polar surface area (TPSA) is 64.4 Å². The van der Waals surface area contributed by atoms with Crippen molar-refractivity contribution in [1.29, 1.82) is 0 Å². The van der Waals surface area contributed by atoms with Crippen molar-refractivity contribution in [2.45, 2.75) is 44.9 Å². The predicted molar refractivity (Wildman–Crippen MR) is 126 cm³/mol. The maximum absolute atomic E-state index is 13.4. The first-order valence-electron chi connectivity index (χ1n) is 11.4. The molecule has 1 aliphatic carbocycles. The number of alkyl halides is 3. The molecule has 1 fully saturated rings. The largest absolute Gasteiger partial charge is 0.490 e. The number of aromatic nitrogens is 1. The highest BCUT2D eigenvalue weighted by molar-refractivity contribution is 6.05. The van der Waals surface area contributed by atoms with E-state index >= 15 is 0 Å². The summed E-state index contributed by atoms with van der Waals surface area (Å²) in [6.07, 6.45) is -0.504. The molecule has 4 aromatic rings. The van der Waals surface area contributed by atoms with Gasteiger partial charge in [-0.3, -0.25) is 4.79 Å². The quantitative estimate of drug-likeness (QED) is 0.323. The third-order valence-electron chi connectivity index (χ3n) is 6.08. The molecule has 0 radical (unpaired) electrons. The summed E-state index contributed by atoms with van der Waals surface area (Å²) >= 11 is 0. The Morgan fingerprint density at radius 3 is 2.60 bits per heavy atom. The number of halogens is 3. The Kier molecular flexibility index (Phi) is 5.96. The van der Waals surface area contributed by atoms with E-state index in [1.165, 1.54) is 12.1 Å². The Labute approximate surface area is 199 Å². The number of oxazole rings is 1. The molecule has 0 aliphatic heterocycles. The molecule has 180 valence electrons. The van der Waals surface area contributed by atoms with Crippen molar-refractivity contribution in [3.63, 3.8) is 0 Å². The van der Waals surface area contributed by atoms with Crippen molar-refractivity contribution < 1.29 is 27.1 Å². The van der Waals surface area contributed by atoms with Crippen molar-refractivity contribution in [2.24, 2.45) is 0 Å². The highest BCUT2D eigenvalue weighted by Gasteiger charge is 2.35. The molecule has 5 rings (SSSR count). The van der Waals surface area contributed by atoms with Crippen LogP contribution in [0.1, 0.15) is 47.2 Å². The van der Waals surface area contributed by atoms with E-state index in [-0.39, 0.29) is 6.10 Å². The molecular weight excluding hydrogens is 457 g/mol. The number of amides is 1. The Balaban J connectivity index is 1.51. The van der Waals surface area contributed by atoms with E-state index in [1.807, 2.05) is 25.1 Å². The van der Waals surface area contributed by atoms with Crippen molar-refractivity contribution in [2.75, 3.05) is 5.32 Å². The number of hydrogen-bond acceptors (Lipinski definition) is 4. The molecule has 1 heterocycles. The molecule has 1 aromatic heterocycles. The second-order valence-electron chi connectivity index (χ2n) is 8.72. The summed E-state index contributed by atoms with van der Waals surface area (Å²) in [5, 5.41) is 2.58. The van der Waals surface area contributed by atoms with Crippen LogP contribution in [0, 0.1) is 6.92 Å². The molecule has 0 unspecified atom stereocenters. The summed E-state index contributed by atoms with van der Waals surface area (Å²) in [4.78, 5) is 17.4. The van der Waals surface area contributed by atoms with Gasteiger partial charge in [-0.1, -0.05) is 18.2 Å². The van der Waals surface area contributed by atoms with Crippen LogP contribution in [0.15, 0.2) is 65.1 Å². The van der Waals surface area contributed by atoms with Gasteiger partial charge in [-0.2, -0.15) is 13.2 Å². The lowest BCUT2D eigenvalue weighted by molar-refractivity contribution is -0.137. The van der Waals surface area contributed by atoms with Gasteiger partial charge in [-0.15, -0.1) is 0 Å². The minimum Gasteiger partial charge on any atom is -0.490 e. The van der Waals surface area contributed by atoms with Crippen molar-refractivity contribution in [3.05, 3.63) is 77.4 Å². The third-order valence-corrected chi connectivity index (χ3v) is 6.08. The highest BCUT2D eigenvalue weighted by Crippen LogP contribution is 2.37. The monoisotopic (exact) mass is 480 g/mol.